The fraction of sp³-hybridized carbons (Fsp3) is 0.308. The summed E-state index contributed by atoms with van der Waals surface area (Å²) in [5.41, 5.74) is 2.01. The molecule has 1 aromatic heterocycles. The van der Waals surface area contributed by atoms with Crippen LogP contribution in [0.5, 0.6) is 0 Å². The van der Waals surface area contributed by atoms with E-state index in [1.807, 2.05) is 17.1 Å². The molecule has 1 heterocycles. The van der Waals surface area contributed by atoms with Crippen LogP contribution in [-0.4, -0.2) is 16.3 Å². The van der Waals surface area contributed by atoms with Crippen molar-refractivity contribution in [2.75, 3.05) is 6.54 Å². The fourth-order valence-corrected chi connectivity index (χ4v) is 2.06. The van der Waals surface area contributed by atoms with Crippen LogP contribution in [0.2, 0.25) is 0 Å². The Labute approximate surface area is 114 Å². The zero-order valence-electron chi connectivity index (χ0n) is 10.2. The maximum absolute atomic E-state index is 13.2. The third-order valence-corrected chi connectivity index (χ3v) is 3.38. The predicted molar refractivity (Wildman–Crippen MR) is 72.8 cm³/mol. The molecule has 0 radical (unpaired) electrons. The summed E-state index contributed by atoms with van der Waals surface area (Å²) in [5, 5.41) is 7.51. The lowest BCUT2D eigenvalue weighted by molar-refractivity contribution is 0.618. The van der Waals surface area contributed by atoms with Gasteiger partial charge in [-0.1, -0.05) is 22.9 Å². The molecule has 0 spiro atoms. The Morgan fingerprint density at radius 3 is 3.06 bits per heavy atom. The zero-order chi connectivity index (χ0) is 13.0. The third-order valence-electron chi connectivity index (χ3n) is 2.61. The van der Waals surface area contributed by atoms with Crippen molar-refractivity contribution in [2.24, 2.45) is 0 Å². The van der Waals surface area contributed by atoms with Gasteiger partial charge in [-0.2, -0.15) is 5.10 Å². The molecule has 0 saturated carbocycles. The van der Waals surface area contributed by atoms with Crippen molar-refractivity contribution >= 4 is 15.9 Å². The van der Waals surface area contributed by atoms with Crippen molar-refractivity contribution in [3.8, 4) is 0 Å². The minimum Gasteiger partial charge on any atom is -0.313 e. The van der Waals surface area contributed by atoms with Gasteiger partial charge >= 0.3 is 0 Å². The first kappa shape index (κ1) is 13.2. The Morgan fingerprint density at radius 2 is 2.28 bits per heavy atom. The number of rotatable bonds is 5. The second-order valence-corrected chi connectivity index (χ2v) is 4.92. The van der Waals surface area contributed by atoms with Crippen molar-refractivity contribution in [1.29, 1.82) is 0 Å². The van der Waals surface area contributed by atoms with E-state index >= 15 is 0 Å². The van der Waals surface area contributed by atoms with Crippen LogP contribution >= 0.6 is 15.9 Å². The first-order valence-electron chi connectivity index (χ1n) is 5.85. The average molecular weight is 312 g/mol. The van der Waals surface area contributed by atoms with Crippen LogP contribution in [0.4, 0.5) is 4.39 Å². The monoisotopic (exact) mass is 311 g/mol. The van der Waals surface area contributed by atoms with Gasteiger partial charge in [0.2, 0.25) is 0 Å². The summed E-state index contributed by atoms with van der Waals surface area (Å²) >= 11 is 3.42. The molecule has 0 amide bonds. The van der Waals surface area contributed by atoms with Crippen LogP contribution in [0.15, 0.2) is 35.1 Å². The van der Waals surface area contributed by atoms with Crippen molar-refractivity contribution in [3.63, 3.8) is 0 Å². The molecular formula is C13H15BrFN3. The largest absolute Gasteiger partial charge is 0.313 e. The maximum atomic E-state index is 13.2. The molecule has 0 atom stereocenters. The van der Waals surface area contributed by atoms with Gasteiger partial charge in [0.05, 0.1) is 12.7 Å². The zero-order valence-corrected chi connectivity index (χ0v) is 11.7. The molecule has 0 bridgehead atoms. The van der Waals surface area contributed by atoms with E-state index in [2.05, 4.69) is 33.3 Å². The summed E-state index contributed by atoms with van der Waals surface area (Å²) in [4.78, 5) is 0. The van der Waals surface area contributed by atoms with Crippen molar-refractivity contribution < 1.29 is 4.39 Å². The normalized spacial score (nSPS) is 10.8. The molecule has 18 heavy (non-hydrogen) atoms. The molecular weight excluding hydrogens is 297 g/mol. The lowest BCUT2D eigenvalue weighted by Gasteiger charge is -2.05. The fourth-order valence-electron chi connectivity index (χ4n) is 1.69. The van der Waals surface area contributed by atoms with Crippen molar-refractivity contribution in [2.45, 2.75) is 20.0 Å². The van der Waals surface area contributed by atoms with Crippen LogP contribution in [0, 0.1) is 5.82 Å². The Kier molecular flexibility index (Phi) is 4.49. The van der Waals surface area contributed by atoms with Crippen LogP contribution in [0.1, 0.15) is 18.1 Å². The number of hydrogen-bond donors (Lipinski definition) is 1. The van der Waals surface area contributed by atoms with Gasteiger partial charge in [-0.3, -0.25) is 4.68 Å². The van der Waals surface area contributed by atoms with E-state index in [4.69, 9.17) is 0 Å². The van der Waals surface area contributed by atoms with Crippen LogP contribution in [-0.2, 0) is 13.1 Å². The van der Waals surface area contributed by atoms with E-state index in [1.54, 1.807) is 6.07 Å². The van der Waals surface area contributed by atoms with Crippen LogP contribution < -0.4 is 5.32 Å². The first-order chi connectivity index (χ1) is 8.69. The van der Waals surface area contributed by atoms with Gasteiger partial charge in [0.25, 0.3) is 0 Å². The second-order valence-electron chi connectivity index (χ2n) is 4.06. The van der Waals surface area contributed by atoms with Crippen molar-refractivity contribution in [3.05, 3.63) is 52.0 Å². The van der Waals surface area contributed by atoms with Crippen LogP contribution in [0.25, 0.3) is 0 Å². The van der Waals surface area contributed by atoms with Crippen LogP contribution in [0.3, 0.4) is 0 Å². The van der Waals surface area contributed by atoms with Gasteiger partial charge < -0.3 is 5.32 Å². The summed E-state index contributed by atoms with van der Waals surface area (Å²) in [5.74, 6) is -0.228. The molecule has 0 unspecified atom stereocenters. The lowest BCUT2D eigenvalue weighted by Crippen LogP contribution is -2.11. The standard InChI is InChI=1S/C13H15BrFN3/c1-2-16-6-10-7-17-18(8-10)9-11-5-12(15)3-4-13(11)14/h3-5,7-8,16H,2,6,9H2,1H3. The summed E-state index contributed by atoms with van der Waals surface area (Å²) in [6.45, 7) is 4.36. The Morgan fingerprint density at radius 1 is 1.44 bits per heavy atom. The topological polar surface area (TPSA) is 29.9 Å². The molecule has 0 fully saturated rings. The van der Waals surface area contributed by atoms with Gasteiger partial charge in [-0.25, -0.2) is 4.39 Å². The minimum atomic E-state index is -0.228. The average Bonchev–Trinajstić information content (AvgIpc) is 2.79. The summed E-state index contributed by atoms with van der Waals surface area (Å²) in [7, 11) is 0. The van der Waals surface area contributed by atoms with Gasteiger partial charge in [-0.15, -0.1) is 0 Å². The molecule has 5 heteroatoms. The van der Waals surface area contributed by atoms with Gasteiger partial charge in [0, 0.05) is 22.8 Å². The highest BCUT2D eigenvalue weighted by atomic mass is 79.9. The molecule has 96 valence electrons. The van der Waals surface area contributed by atoms with E-state index in [-0.39, 0.29) is 5.82 Å². The summed E-state index contributed by atoms with van der Waals surface area (Å²) in [6.07, 6.45) is 3.80. The molecule has 0 aliphatic carbocycles. The minimum absolute atomic E-state index is 0.228. The third kappa shape index (κ3) is 3.40. The predicted octanol–water partition coefficient (Wildman–Crippen LogP) is 2.94. The smallest absolute Gasteiger partial charge is 0.123 e. The van der Waals surface area contributed by atoms with Crippen molar-refractivity contribution in [1.82, 2.24) is 15.1 Å². The molecule has 0 aliphatic rings. The molecule has 3 nitrogen and oxygen atoms in total. The molecule has 0 aliphatic heterocycles. The molecule has 1 N–H and O–H groups in total. The SMILES string of the molecule is CCNCc1cnn(Cc2cc(F)ccc2Br)c1. The Hall–Kier alpha value is -1.20. The number of halogens is 2. The Balaban J connectivity index is 2.08. The summed E-state index contributed by atoms with van der Waals surface area (Å²) in [6, 6.07) is 4.68. The van der Waals surface area contributed by atoms with E-state index in [0.29, 0.717) is 6.54 Å². The van der Waals surface area contributed by atoms with Gasteiger partial charge in [0.1, 0.15) is 5.82 Å². The second kappa shape index (κ2) is 6.11. The van der Waals surface area contributed by atoms with E-state index in [0.717, 1.165) is 28.7 Å². The number of aromatic nitrogens is 2. The van der Waals surface area contributed by atoms with E-state index in [1.165, 1.54) is 12.1 Å². The first-order valence-corrected chi connectivity index (χ1v) is 6.64. The van der Waals surface area contributed by atoms with E-state index in [9.17, 15) is 4.39 Å². The molecule has 0 saturated heterocycles. The lowest BCUT2D eigenvalue weighted by atomic mass is 10.2. The van der Waals surface area contributed by atoms with E-state index < -0.39 is 0 Å². The number of nitrogens with one attached hydrogen (secondary N) is 1. The van der Waals surface area contributed by atoms with Gasteiger partial charge in [0.15, 0.2) is 0 Å². The maximum Gasteiger partial charge on any atom is 0.123 e. The Bertz CT molecular complexity index is 525. The highest BCUT2D eigenvalue weighted by Gasteiger charge is 2.04. The van der Waals surface area contributed by atoms with Gasteiger partial charge in [-0.05, 0) is 30.3 Å². The highest BCUT2D eigenvalue weighted by molar-refractivity contribution is 9.10. The molecule has 2 rings (SSSR count). The quantitative estimate of drug-likeness (QED) is 0.920. The molecule has 2 aromatic rings. The number of nitrogens with zero attached hydrogens (tertiary/aromatic N) is 2. The number of benzene rings is 1. The highest BCUT2D eigenvalue weighted by Crippen LogP contribution is 2.18. The number of hydrogen-bond acceptors (Lipinski definition) is 2. The molecule has 1 aromatic carbocycles. The summed E-state index contributed by atoms with van der Waals surface area (Å²) < 4.78 is 15.9.